The number of hydrazine groups is 1. The van der Waals surface area contributed by atoms with Crippen LogP contribution in [-0.4, -0.2) is 50.1 Å². The van der Waals surface area contributed by atoms with Crippen LogP contribution >= 0.6 is 0 Å². The minimum Gasteiger partial charge on any atom is -0.416 e. The average molecular weight is 542 g/mol. The molecule has 0 unspecified atom stereocenters. The lowest BCUT2D eigenvalue weighted by atomic mass is 9.90. The van der Waals surface area contributed by atoms with Gasteiger partial charge in [-0.05, 0) is 56.2 Å². The summed E-state index contributed by atoms with van der Waals surface area (Å²) >= 11 is 0. The summed E-state index contributed by atoms with van der Waals surface area (Å²) in [5.41, 5.74) is -0.199. The van der Waals surface area contributed by atoms with E-state index >= 15 is 0 Å². The number of aromatic nitrogens is 1. The van der Waals surface area contributed by atoms with E-state index in [-0.39, 0.29) is 20.7 Å². The summed E-state index contributed by atoms with van der Waals surface area (Å²) in [6.07, 6.45) is 0. The van der Waals surface area contributed by atoms with E-state index in [2.05, 4.69) is 39.0 Å². The van der Waals surface area contributed by atoms with Crippen molar-refractivity contribution in [3.63, 3.8) is 0 Å². The van der Waals surface area contributed by atoms with Gasteiger partial charge in [-0.15, -0.1) is 0 Å². The second-order valence-corrected chi connectivity index (χ2v) is 18.8. The first-order valence-corrected chi connectivity index (χ1v) is 15.8. The van der Waals surface area contributed by atoms with E-state index in [1.165, 1.54) is 6.07 Å². The zero-order valence-corrected chi connectivity index (χ0v) is 24.1. The summed E-state index contributed by atoms with van der Waals surface area (Å²) in [6, 6.07) is 5.38. The molecule has 1 heterocycles. The summed E-state index contributed by atoms with van der Waals surface area (Å²) < 4.78 is 48.7. The molecular formula is C24H36FN3O6SSi. The first kappa shape index (κ1) is 29.8. The van der Waals surface area contributed by atoms with Crippen molar-refractivity contribution in [2.75, 3.05) is 6.61 Å². The van der Waals surface area contributed by atoms with Crippen molar-refractivity contribution in [2.45, 2.75) is 81.7 Å². The van der Waals surface area contributed by atoms with Crippen LogP contribution in [0.1, 0.15) is 64.7 Å². The Morgan fingerprint density at radius 3 is 2.11 bits per heavy atom. The number of benzene rings is 1. The van der Waals surface area contributed by atoms with Gasteiger partial charge >= 0.3 is 5.91 Å². The Hall–Kier alpha value is -2.41. The molecule has 0 aliphatic heterocycles. The highest BCUT2D eigenvalue weighted by Crippen LogP contribution is 2.38. The maximum Gasteiger partial charge on any atom is 0.313 e. The maximum absolute atomic E-state index is 13.2. The van der Waals surface area contributed by atoms with Gasteiger partial charge in [0.15, 0.2) is 22.9 Å². The third kappa shape index (κ3) is 5.77. The number of hydrogen-bond acceptors (Lipinski definition) is 8. The van der Waals surface area contributed by atoms with Crippen LogP contribution in [0.5, 0.6) is 0 Å². The topological polar surface area (TPSA) is 133 Å². The van der Waals surface area contributed by atoms with Gasteiger partial charge in [0.25, 0.3) is 5.91 Å². The normalized spacial score (nSPS) is 13.5. The van der Waals surface area contributed by atoms with Gasteiger partial charge in [0.05, 0.1) is 10.6 Å². The highest BCUT2D eigenvalue weighted by Gasteiger charge is 2.47. The zero-order chi connectivity index (χ0) is 27.9. The average Bonchev–Trinajstić information content (AvgIpc) is 3.27. The van der Waals surface area contributed by atoms with Gasteiger partial charge in [-0.3, -0.25) is 9.59 Å². The van der Waals surface area contributed by atoms with Crippen LogP contribution in [0.2, 0.25) is 18.1 Å². The number of imide groups is 1. The maximum atomic E-state index is 13.2. The fraction of sp³-hybridized carbons (Fsp3) is 0.542. The van der Waals surface area contributed by atoms with Crippen LogP contribution in [0, 0.1) is 5.82 Å². The van der Waals surface area contributed by atoms with E-state index in [1.54, 1.807) is 0 Å². The monoisotopic (exact) mass is 541 g/mol. The lowest BCUT2D eigenvalue weighted by Gasteiger charge is -2.38. The van der Waals surface area contributed by atoms with Gasteiger partial charge in [0.2, 0.25) is 5.76 Å². The van der Waals surface area contributed by atoms with Crippen LogP contribution in [0.3, 0.4) is 0 Å². The molecule has 36 heavy (non-hydrogen) atoms. The third-order valence-corrected chi connectivity index (χ3v) is 13.7. The zero-order valence-electron chi connectivity index (χ0n) is 22.3. The third-order valence-electron chi connectivity index (χ3n) is 6.76. The quantitative estimate of drug-likeness (QED) is 0.173. The Morgan fingerprint density at radius 1 is 1.08 bits per heavy atom. The molecule has 2 N–H and O–H groups in total. The molecule has 0 fully saturated rings. The number of nitrogens with two attached hydrogens (primary N) is 1. The predicted octanol–water partition coefficient (Wildman–Crippen LogP) is 4.21. The van der Waals surface area contributed by atoms with Crippen LogP contribution in [-0.2, 0) is 24.5 Å². The summed E-state index contributed by atoms with van der Waals surface area (Å²) in [5, 5.41) is 4.18. The Kier molecular flexibility index (Phi) is 8.12. The smallest absolute Gasteiger partial charge is 0.313 e. The number of carbonyl (C=O) groups is 2. The number of halogens is 1. The Balaban J connectivity index is 2.24. The summed E-state index contributed by atoms with van der Waals surface area (Å²) in [4.78, 5) is 25.6. The first-order chi connectivity index (χ1) is 16.1. The Labute approximate surface area is 213 Å². The molecule has 2 aromatic rings. The number of sulfone groups is 1. The van der Waals surface area contributed by atoms with Crippen molar-refractivity contribution in [3.8, 4) is 0 Å². The second-order valence-electron chi connectivity index (χ2n) is 11.5. The molecule has 1 aromatic heterocycles. The second kappa shape index (κ2) is 9.80. The van der Waals surface area contributed by atoms with Crippen molar-refractivity contribution in [1.29, 1.82) is 0 Å². The van der Waals surface area contributed by atoms with Gasteiger partial charge in [0.1, 0.15) is 5.82 Å². The summed E-state index contributed by atoms with van der Waals surface area (Å²) in [7, 11) is -6.36. The Bertz CT molecular complexity index is 1230. The van der Waals surface area contributed by atoms with Crippen LogP contribution in [0.15, 0.2) is 39.8 Å². The first-order valence-electron chi connectivity index (χ1n) is 11.4. The van der Waals surface area contributed by atoms with Crippen LogP contribution in [0.25, 0.3) is 0 Å². The molecule has 0 saturated heterocycles. The molecule has 2 amide bonds. The van der Waals surface area contributed by atoms with Gasteiger partial charge in [-0.1, -0.05) is 39.8 Å². The summed E-state index contributed by atoms with van der Waals surface area (Å²) in [5.74, 6) is 2.57. The molecule has 12 heteroatoms. The number of hydrogen-bond donors (Lipinski definition) is 1. The number of nitrogens with zero attached hydrogens (tertiary/aromatic N) is 2. The SMILES string of the molecule is CC(C)(CO[Si](C)(C)C(C)(C)C)c1cc(C(=O)N(N)C(=O)C(C)(C)S(=O)(=O)c2ccc(F)cc2)on1. The Morgan fingerprint density at radius 2 is 1.61 bits per heavy atom. The molecule has 0 saturated carbocycles. The van der Waals surface area contributed by atoms with E-state index in [0.29, 0.717) is 12.3 Å². The molecule has 0 atom stereocenters. The van der Waals surface area contributed by atoms with E-state index in [0.717, 1.165) is 38.1 Å². The number of rotatable bonds is 8. The lowest BCUT2D eigenvalue weighted by Crippen LogP contribution is -2.55. The molecule has 1 aromatic carbocycles. The summed E-state index contributed by atoms with van der Waals surface area (Å²) in [6.45, 7) is 17.0. The van der Waals surface area contributed by atoms with Crippen molar-refractivity contribution < 1.29 is 31.3 Å². The van der Waals surface area contributed by atoms with Crippen molar-refractivity contribution in [2.24, 2.45) is 5.84 Å². The van der Waals surface area contributed by atoms with Crippen LogP contribution in [0.4, 0.5) is 4.39 Å². The fourth-order valence-corrected chi connectivity index (χ4v) is 5.44. The lowest BCUT2D eigenvalue weighted by molar-refractivity contribution is -0.130. The van der Waals surface area contributed by atoms with E-state index in [9.17, 15) is 22.4 Å². The minimum atomic E-state index is -4.32. The molecular weight excluding hydrogens is 505 g/mol. The molecule has 0 bridgehead atoms. The molecule has 0 aliphatic carbocycles. The standard InChI is InChI=1S/C24H36FN3O6SSi/c1-22(2,3)36(8,9)33-15-23(4,5)19-14-18(34-27-19)20(29)28(26)21(30)24(6,7)35(31,32)17-12-10-16(25)11-13-17/h10-14H,15,26H2,1-9H3. The van der Waals surface area contributed by atoms with Gasteiger partial charge < -0.3 is 8.95 Å². The molecule has 0 spiro atoms. The van der Waals surface area contributed by atoms with Gasteiger partial charge in [-0.2, -0.15) is 0 Å². The van der Waals surface area contributed by atoms with E-state index in [4.69, 9.17) is 14.8 Å². The fourth-order valence-electron chi connectivity index (χ4n) is 2.87. The van der Waals surface area contributed by atoms with Crippen molar-refractivity contribution >= 4 is 30.0 Å². The molecule has 2 rings (SSSR count). The number of carbonyl (C=O) groups excluding carboxylic acids is 2. The molecule has 200 valence electrons. The van der Waals surface area contributed by atoms with Crippen LogP contribution < -0.4 is 5.84 Å². The van der Waals surface area contributed by atoms with Crippen molar-refractivity contribution in [3.05, 3.63) is 47.6 Å². The molecule has 0 radical (unpaired) electrons. The molecule has 0 aliphatic rings. The van der Waals surface area contributed by atoms with Crippen molar-refractivity contribution in [1.82, 2.24) is 10.2 Å². The van der Waals surface area contributed by atoms with Gasteiger partial charge in [-0.25, -0.2) is 23.7 Å². The number of amides is 2. The van der Waals surface area contributed by atoms with E-state index in [1.807, 2.05) is 13.8 Å². The predicted molar refractivity (Wildman–Crippen MR) is 136 cm³/mol. The highest BCUT2D eigenvalue weighted by molar-refractivity contribution is 7.93. The molecule has 9 nitrogen and oxygen atoms in total. The van der Waals surface area contributed by atoms with Gasteiger partial charge in [0, 0.05) is 18.1 Å². The highest BCUT2D eigenvalue weighted by atomic mass is 32.2. The largest absolute Gasteiger partial charge is 0.416 e. The minimum absolute atomic E-state index is 0.00942. The van der Waals surface area contributed by atoms with E-state index < -0.39 is 45.9 Å².